The molecule has 1 heterocycles. The van der Waals surface area contributed by atoms with E-state index in [1.807, 2.05) is 19.1 Å². The minimum absolute atomic E-state index is 0.323. The number of thiocarbonyl (C=S) groups is 1. The molecule has 0 aliphatic rings. The summed E-state index contributed by atoms with van der Waals surface area (Å²) in [7, 11) is 0. The molecular formula is C14H17N3S2. The largest absolute Gasteiger partial charge is 0.360 e. The monoisotopic (exact) mass is 291 g/mol. The predicted molar refractivity (Wildman–Crippen MR) is 86.8 cm³/mol. The van der Waals surface area contributed by atoms with Crippen LogP contribution in [0.3, 0.4) is 0 Å². The highest BCUT2D eigenvalue weighted by Gasteiger charge is 2.04. The number of anilines is 1. The molecule has 100 valence electrons. The van der Waals surface area contributed by atoms with Gasteiger partial charge in [0.2, 0.25) is 0 Å². The first-order valence-corrected chi connectivity index (χ1v) is 7.43. The smallest absolute Gasteiger partial charge is 0.170 e. The van der Waals surface area contributed by atoms with Crippen LogP contribution in [0, 0.1) is 6.92 Å². The van der Waals surface area contributed by atoms with Crippen LogP contribution in [0.2, 0.25) is 0 Å². The maximum absolute atomic E-state index is 5.24. The standard InChI is InChI=1S/C14H17N3S2/c1-9(2)15-14(18)17-12-6-4-5-11(7-12)13-8-19-10(3)16-13/h4-9H,1-3H3,(H2,15,17,18). The van der Waals surface area contributed by atoms with E-state index in [2.05, 4.69) is 47.0 Å². The lowest BCUT2D eigenvalue weighted by atomic mass is 10.1. The van der Waals surface area contributed by atoms with Gasteiger partial charge in [-0.15, -0.1) is 11.3 Å². The van der Waals surface area contributed by atoms with E-state index in [0.29, 0.717) is 11.2 Å². The Labute approximate surface area is 123 Å². The first kappa shape index (κ1) is 14.0. The lowest BCUT2D eigenvalue weighted by Crippen LogP contribution is -2.33. The molecule has 0 amide bonds. The molecule has 0 saturated heterocycles. The molecule has 2 N–H and O–H groups in total. The van der Waals surface area contributed by atoms with Crippen molar-refractivity contribution in [2.45, 2.75) is 26.8 Å². The Morgan fingerprint density at radius 3 is 2.79 bits per heavy atom. The van der Waals surface area contributed by atoms with Crippen LogP contribution < -0.4 is 10.6 Å². The molecule has 0 fully saturated rings. The molecule has 19 heavy (non-hydrogen) atoms. The van der Waals surface area contributed by atoms with Gasteiger partial charge in [0.1, 0.15) is 0 Å². The zero-order valence-corrected chi connectivity index (χ0v) is 12.9. The lowest BCUT2D eigenvalue weighted by molar-refractivity contribution is 0.739. The maximum atomic E-state index is 5.24. The quantitative estimate of drug-likeness (QED) is 0.843. The third-order valence-electron chi connectivity index (χ3n) is 2.45. The molecule has 0 bridgehead atoms. The number of thiazole rings is 1. The molecule has 0 aliphatic heterocycles. The predicted octanol–water partition coefficient (Wildman–Crippen LogP) is 3.81. The number of hydrogen-bond donors (Lipinski definition) is 2. The van der Waals surface area contributed by atoms with E-state index in [1.54, 1.807) is 11.3 Å². The molecule has 0 unspecified atom stereocenters. The molecule has 0 radical (unpaired) electrons. The number of rotatable bonds is 3. The van der Waals surface area contributed by atoms with E-state index < -0.39 is 0 Å². The van der Waals surface area contributed by atoms with E-state index in [4.69, 9.17) is 12.2 Å². The Balaban J connectivity index is 2.13. The number of aryl methyl sites for hydroxylation is 1. The lowest BCUT2D eigenvalue weighted by Gasteiger charge is -2.13. The van der Waals surface area contributed by atoms with Gasteiger partial charge in [-0.2, -0.15) is 0 Å². The summed E-state index contributed by atoms with van der Waals surface area (Å²) in [5.41, 5.74) is 3.08. The van der Waals surface area contributed by atoms with Crippen LogP contribution in [0.4, 0.5) is 5.69 Å². The van der Waals surface area contributed by atoms with Gasteiger partial charge in [-0.3, -0.25) is 0 Å². The number of nitrogens with one attached hydrogen (secondary N) is 2. The molecule has 0 atom stereocenters. The van der Waals surface area contributed by atoms with Crippen molar-refractivity contribution >= 4 is 34.4 Å². The van der Waals surface area contributed by atoms with Gasteiger partial charge in [0.05, 0.1) is 10.7 Å². The van der Waals surface area contributed by atoms with Gasteiger partial charge in [0.15, 0.2) is 5.11 Å². The van der Waals surface area contributed by atoms with Crippen LogP contribution in [0.5, 0.6) is 0 Å². The Kier molecular flexibility index (Phi) is 4.50. The number of hydrogen-bond acceptors (Lipinski definition) is 3. The maximum Gasteiger partial charge on any atom is 0.170 e. The molecule has 1 aromatic carbocycles. The van der Waals surface area contributed by atoms with Crippen molar-refractivity contribution in [1.82, 2.24) is 10.3 Å². The average molecular weight is 291 g/mol. The summed E-state index contributed by atoms with van der Waals surface area (Å²) in [5.74, 6) is 0. The van der Waals surface area contributed by atoms with Crippen LogP contribution in [-0.4, -0.2) is 16.1 Å². The van der Waals surface area contributed by atoms with Crippen LogP contribution in [0.15, 0.2) is 29.6 Å². The summed E-state index contributed by atoms with van der Waals surface area (Å²) in [5, 5.41) is 10.1. The van der Waals surface area contributed by atoms with Gasteiger partial charge < -0.3 is 10.6 Å². The number of aromatic nitrogens is 1. The van der Waals surface area contributed by atoms with Gasteiger partial charge >= 0.3 is 0 Å². The molecule has 0 spiro atoms. The van der Waals surface area contributed by atoms with Crippen LogP contribution in [0.1, 0.15) is 18.9 Å². The second-order valence-electron chi connectivity index (χ2n) is 4.59. The molecule has 5 heteroatoms. The molecule has 2 rings (SSSR count). The Bertz CT molecular complexity index is 576. The SMILES string of the molecule is Cc1nc(-c2cccc(NC(=S)NC(C)C)c2)cs1. The van der Waals surface area contributed by atoms with Crippen molar-refractivity contribution in [3.63, 3.8) is 0 Å². The second kappa shape index (κ2) is 6.12. The first-order chi connectivity index (χ1) is 9.04. The molecule has 0 saturated carbocycles. The van der Waals surface area contributed by atoms with Crippen molar-refractivity contribution in [1.29, 1.82) is 0 Å². The molecule has 2 aromatic rings. The van der Waals surface area contributed by atoms with Crippen LogP contribution in [-0.2, 0) is 0 Å². The van der Waals surface area contributed by atoms with E-state index in [9.17, 15) is 0 Å². The summed E-state index contributed by atoms with van der Waals surface area (Å²) in [4.78, 5) is 4.49. The zero-order valence-electron chi connectivity index (χ0n) is 11.2. The molecule has 0 aliphatic carbocycles. The minimum atomic E-state index is 0.323. The highest BCUT2D eigenvalue weighted by molar-refractivity contribution is 7.80. The van der Waals surface area contributed by atoms with Crippen molar-refractivity contribution in [2.75, 3.05) is 5.32 Å². The van der Waals surface area contributed by atoms with E-state index in [-0.39, 0.29) is 0 Å². The molecular weight excluding hydrogens is 274 g/mol. The summed E-state index contributed by atoms with van der Waals surface area (Å²) in [6, 6.07) is 8.44. The fourth-order valence-corrected chi connectivity index (χ4v) is 2.66. The van der Waals surface area contributed by atoms with Gasteiger partial charge in [-0.1, -0.05) is 12.1 Å². The van der Waals surface area contributed by atoms with Gasteiger partial charge in [0, 0.05) is 22.7 Å². The van der Waals surface area contributed by atoms with E-state index in [1.165, 1.54) is 0 Å². The molecule has 3 nitrogen and oxygen atoms in total. The van der Waals surface area contributed by atoms with Crippen LogP contribution >= 0.6 is 23.6 Å². The summed E-state index contributed by atoms with van der Waals surface area (Å²) < 4.78 is 0. The van der Waals surface area contributed by atoms with E-state index >= 15 is 0 Å². The van der Waals surface area contributed by atoms with Crippen molar-refractivity contribution < 1.29 is 0 Å². The van der Waals surface area contributed by atoms with Crippen molar-refractivity contribution in [3.8, 4) is 11.3 Å². The van der Waals surface area contributed by atoms with Gasteiger partial charge in [-0.25, -0.2) is 4.98 Å². The summed E-state index contributed by atoms with van der Waals surface area (Å²) >= 11 is 6.90. The normalized spacial score (nSPS) is 10.5. The Hall–Kier alpha value is -1.46. The topological polar surface area (TPSA) is 37.0 Å². The highest BCUT2D eigenvalue weighted by Crippen LogP contribution is 2.24. The Morgan fingerprint density at radius 1 is 1.37 bits per heavy atom. The van der Waals surface area contributed by atoms with Crippen LogP contribution in [0.25, 0.3) is 11.3 Å². The number of nitrogens with zero attached hydrogens (tertiary/aromatic N) is 1. The van der Waals surface area contributed by atoms with E-state index in [0.717, 1.165) is 22.0 Å². The zero-order chi connectivity index (χ0) is 13.8. The minimum Gasteiger partial charge on any atom is -0.360 e. The second-order valence-corrected chi connectivity index (χ2v) is 6.06. The first-order valence-electron chi connectivity index (χ1n) is 6.14. The third kappa shape index (κ3) is 4.01. The highest BCUT2D eigenvalue weighted by atomic mass is 32.1. The summed E-state index contributed by atoms with van der Waals surface area (Å²) in [6.45, 7) is 6.13. The van der Waals surface area contributed by atoms with Crippen molar-refractivity contribution in [3.05, 3.63) is 34.7 Å². The third-order valence-corrected chi connectivity index (χ3v) is 3.45. The average Bonchev–Trinajstić information content (AvgIpc) is 2.75. The van der Waals surface area contributed by atoms with Crippen molar-refractivity contribution in [2.24, 2.45) is 0 Å². The Morgan fingerprint density at radius 2 is 2.16 bits per heavy atom. The van der Waals surface area contributed by atoms with Gasteiger partial charge in [-0.05, 0) is 45.1 Å². The van der Waals surface area contributed by atoms with Gasteiger partial charge in [0.25, 0.3) is 0 Å². The fourth-order valence-electron chi connectivity index (χ4n) is 1.68. The summed E-state index contributed by atoms with van der Waals surface area (Å²) in [6.07, 6.45) is 0. The number of benzene rings is 1. The fraction of sp³-hybridized carbons (Fsp3) is 0.286. The molecule has 1 aromatic heterocycles.